The van der Waals surface area contributed by atoms with Crippen LogP contribution in [0.1, 0.15) is 5.56 Å². The summed E-state index contributed by atoms with van der Waals surface area (Å²) >= 11 is 0. The largest absolute Gasteiger partial charge is 0.496 e. The van der Waals surface area contributed by atoms with Gasteiger partial charge in [-0.2, -0.15) is 0 Å². The van der Waals surface area contributed by atoms with Crippen molar-refractivity contribution in [3.05, 3.63) is 52.1 Å². The molecule has 0 saturated carbocycles. The van der Waals surface area contributed by atoms with Crippen molar-refractivity contribution in [2.24, 2.45) is 0 Å². The molecule has 9 heteroatoms. The maximum atomic E-state index is 11.9. The molecule has 1 heterocycles. The van der Waals surface area contributed by atoms with Crippen molar-refractivity contribution in [3.8, 4) is 23.0 Å². The number of nitrogens with one attached hydrogen (secondary N) is 1. The zero-order valence-corrected chi connectivity index (χ0v) is 13.9. The Balaban J connectivity index is 1.55. The lowest BCUT2D eigenvalue weighted by atomic mass is 10.2. The van der Waals surface area contributed by atoms with E-state index in [1.54, 1.807) is 12.1 Å². The van der Waals surface area contributed by atoms with Crippen molar-refractivity contribution in [2.45, 2.75) is 6.54 Å². The monoisotopic (exact) mass is 360 g/mol. The van der Waals surface area contributed by atoms with Gasteiger partial charge in [-0.15, -0.1) is 0 Å². The van der Waals surface area contributed by atoms with Gasteiger partial charge < -0.3 is 24.3 Å². The molecule has 0 radical (unpaired) electrons. The first kappa shape index (κ1) is 17.3. The Hall–Kier alpha value is -3.49. The van der Waals surface area contributed by atoms with E-state index in [0.717, 1.165) is 5.56 Å². The second-order valence-electron chi connectivity index (χ2n) is 5.34. The minimum atomic E-state index is -0.595. The molecule has 2 aromatic rings. The summed E-state index contributed by atoms with van der Waals surface area (Å²) in [5.74, 6) is 1.20. The van der Waals surface area contributed by atoms with Crippen LogP contribution in [0.2, 0.25) is 0 Å². The average Bonchev–Trinajstić information content (AvgIpc) is 3.12. The number of ether oxygens (including phenoxy) is 4. The first-order chi connectivity index (χ1) is 12.6. The van der Waals surface area contributed by atoms with E-state index in [1.807, 2.05) is 6.07 Å². The molecule has 0 atom stereocenters. The third-order valence-corrected chi connectivity index (χ3v) is 3.65. The molecular weight excluding hydrogens is 344 g/mol. The van der Waals surface area contributed by atoms with Gasteiger partial charge in [0.1, 0.15) is 5.75 Å². The zero-order valence-electron chi connectivity index (χ0n) is 13.9. The van der Waals surface area contributed by atoms with E-state index >= 15 is 0 Å². The summed E-state index contributed by atoms with van der Waals surface area (Å²) in [6.45, 7) is 0.0981. The number of methoxy groups -OCH3 is 1. The van der Waals surface area contributed by atoms with E-state index in [9.17, 15) is 14.9 Å². The molecular formula is C17H16N2O7. The molecule has 0 fully saturated rings. The fourth-order valence-electron chi connectivity index (χ4n) is 2.33. The number of nitrogens with zero attached hydrogens (tertiary/aromatic N) is 1. The molecule has 0 aliphatic carbocycles. The fourth-order valence-corrected chi connectivity index (χ4v) is 2.33. The van der Waals surface area contributed by atoms with Crippen LogP contribution in [-0.4, -0.2) is 31.3 Å². The van der Waals surface area contributed by atoms with E-state index in [1.165, 1.54) is 25.3 Å². The number of carbonyl (C=O) groups is 1. The Kier molecular flexibility index (Phi) is 5.07. The lowest BCUT2D eigenvalue weighted by Gasteiger charge is -2.09. The predicted molar refractivity (Wildman–Crippen MR) is 89.6 cm³/mol. The number of nitro benzene ring substituents is 1. The highest BCUT2D eigenvalue weighted by Gasteiger charge is 2.18. The molecule has 1 N–H and O–H groups in total. The Morgan fingerprint density at radius 2 is 2.04 bits per heavy atom. The summed E-state index contributed by atoms with van der Waals surface area (Å²) in [5, 5.41) is 13.8. The molecule has 0 saturated heterocycles. The smallest absolute Gasteiger partial charge is 0.314 e. The van der Waals surface area contributed by atoms with Crippen molar-refractivity contribution < 1.29 is 28.7 Å². The molecule has 2 aromatic carbocycles. The van der Waals surface area contributed by atoms with Crippen LogP contribution >= 0.6 is 0 Å². The number of nitro groups is 1. The number of rotatable bonds is 7. The second-order valence-corrected chi connectivity index (χ2v) is 5.34. The topological polar surface area (TPSA) is 109 Å². The Labute approximate surface area is 148 Å². The molecule has 0 aromatic heterocycles. The van der Waals surface area contributed by atoms with Gasteiger partial charge in [-0.25, -0.2) is 0 Å². The van der Waals surface area contributed by atoms with Crippen LogP contribution in [0.5, 0.6) is 23.0 Å². The molecule has 1 amide bonds. The van der Waals surface area contributed by atoms with Gasteiger partial charge in [0.2, 0.25) is 6.79 Å². The minimum Gasteiger partial charge on any atom is -0.496 e. The van der Waals surface area contributed by atoms with Gasteiger partial charge in [0.25, 0.3) is 5.91 Å². The highest BCUT2D eigenvalue weighted by Crippen LogP contribution is 2.32. The average molecular weight is 360 g/mol. The van der Waals surface area contributed by atoms with Crippen LogP contribution in [-0.2, 0) is 11.3 Å². The standard InChI is InChI=1S/C17H16N2O7/c1-23-12-3-5-14(13(7-12)19(21)22)24-9-17(20)18-8-11-2-4-15-16(6-11)26-10-25-15/h2-7H,8-10H2,1H3,(H,18,20). The molecule has 9 nitrogen and oxygen atoms in total. The number of hydrogen-bond acceptors (Lipinski definition) is 7. The van der Waals surface area contributed by atoms with Gasteiger partial charge in [-0.05, 0) is 29.8 Å². The van der Waals surface area contributed by atoms with Gasteiger partial charge in [0.05, 0.1) is 18.1 Å². The van der Waals surface area contributed by atoms with Crippen molar-refractivity contribution in [2.75, 3.05) is 20.5 Å². The number of amides is 1. The van der Waals surface area contributed by atoms with E-state index in [-0.39, 0.29) is 31.4 Å². The van der Waals surface area contributed by atoms with Gasteiger partial charge in [-0.1, -0.05) is 6.07 Å². The van der Waals surface area contributed by atoms with Crippen LogP contribution in [0.15, 0.2) is 36.4 Å². The maximum absolute atomic E-state index is 11.9. The second kappa shape index (κ2) is 7.60. The van der Waals surface area contributed by atoms with Crippen LogP contribution in [0.25, 0.3) is 0 Å². The molecule has 0 bridgehead atoms. The quantitative estimate of drug-likeness (QED) is 0.594. The summed E-state index contributed by atoms with van der Waals surface area (Å²) in [6.07, 6.45) is 0. The number of fused-ring (bicyclic) bond motifs is 1. The molecule has 1 aliphatic rings. The molecule has 1 aliphatic heterocycles. The first-order valence-electron chi connectivity index (χ1n) is 7.67. The molecule has 26 heavy (non-hydrogen) atoms. The third kappa shape index (κ3) is 3.94. The lowest BCUT2D eigenvalue weighted by molar-refractivity contribution is -0.385. The molecule has 3 rings (SSSR count). The SMILES string of the molecule is COc1ccc(OCC(=O)NCc2ccc3c(c2)OCO3)c([N+](=O)[O-])c1. The van der Waals surface area contributed by atoms with Gasteiger partial charge in [0.15, 0.2) is 23.9 Å². The molecule has 0 spiro atoms. The molecule has 0 unspecified atom stereocenters. The fraction of sp³-hybridized carbons (Fsp3) is 0.235. The van der Waals surface area contributed by atoms with Gasteiger partial charge in [0, 0.05) is 6.54 Å². The van der Waals surface area contributed by atoms with Crippen LogP contribution in [0.3, 0.4) is 0 Å². The molecule has 136 valence electrons. The first-order valence-corrected chi connectivity index (χ1v) is 7.67. The minimum absolute atomic E-state index is 0.00553. The summed E-state index contributed by atoms with van der Waals surface area (Å²) in [6, 6.07) is 9.50. The van der Waals surface area contributed by atoms with Gasteiger partial charge in [-0.3, -0.25) is 14.9 Å². The Morgan fingerprint density at radius 3 is 2.81 bits per heavy atom. The highest BCUT2D eigenvalue weighted by atomic mass is 16.7. The summed E-state index contributed by atoms with van der Waals surface area (Å²) < 4.78 is 20.7. The van der Waals surface area contributed by atoms with Gasteiger partial charge >= 0.3 is 5.69 Å². The number of carbonyl (C=O) groups excluding carboxylic acids is 1. The zero-order chi connectivity index (χ0) is 18.5. The summed E-state index contributed by atoms with van der Waals surface area (Å²) in [7, 11) is 1.41. The Bertz CT molecular complexity index is 838. The summed E-state index contributed by atoms with van der Waals surface area (Å²) in [5.41, 5.74) is 0.561. The maximum Gasteiger partial charge on any atom is 0.314 e. The van der Waals surface area contributed by atoms with E-state index < -0.39 is 10.8 Å². The van der Waals surface area contributed by atoms with E-state index in [4.69, 9.17) is 18.9 Å². The van der Waals surface area contributed by atoms with Crippen molar-refractivity contribution >= 4 is 11.6 Å². The van der Waals surface area contributed by atoms with Crippen LogP contribution in [0.4, 0.5) is 5.69 Å². The normalized spacial score (nSPS) is 11.7. The lowest BCUT2D eigenvalue weighted by Crippen LogP contribution is -2.28. The van der Waals surface area contributed by atoms with Crippen molar-refractivity contribution in [1.82, 2.24) is 5.32 Å². The Morgan fingerprint density at radius 1 is 1.23 bits per heavy atom. The highest BCUT2D eigenvalue weighted by molar-refractivity contribution is 5.77. The van der Waals surface area contributed by atoms with Crippen molar-refractivity contribution in [1.29, 1.82) is 0 Å². The van der Waals surface area contributed by atoms with Crippen LogP contribution in [0, 0.1) is 10.1 Å². The van der Waals surface area contributed by atoms with Crippen LogP contribution < -0.4 is 24.3 Å². The van der Waals surface area contributed by atoms with Crippen molar-refractivity contribution in [3.63, 3.8) is 0 Å². The van der Waals surface area contributed by atoms with E-state index in [0.29, 0.717) is 17.2 Å². The van der Waals surface area contributed by atoms with E-state index in [2.05, 4.69) is 5.32 Å². The third-order valence-electron chi connectivity index (χ3n) is 3.65. The summed E-state index contributed by atoms with van der Waals surface area (Å²) in [4.78, 5) is 22.4. The number of benzene rings is 2. The number of hydrogen-bond donors (Lipinski definition) is 1. The predicted octanol–water partition coefficient (Wildman–Crippen LogP) is 2.03.